The monoisotopic (exact) mass is 419 g/mol. The topological polar surface area (TPSA) is 118 Å². The molecule has 0 aliphatic carbocycles. The number of aromatic nitrogens is 2. The first kappa shape index (κ1) is 21.2. The van der Waals surface area contributed by atoms with E-state index in [1.165, 1.54) is 6.21 Å². The largest absolute Gasteiger partial charge is 0.490 e. The normalized spacial score (nSPS) is 14.0. The molecule has 0 spiro atoms. The first-order chi connectivity index (χ1) is 14.6. The molecule has 1 aromatic carbocycles. The van der Waals surface area contributed by atoms with Crippen molar-refractivity contribution < 1.29 is 28.5 Å². The molecule has 0 atom stereocenters. The van der Waals surface area contributed by atoms with Gasteiger partial charge in [-0.1, -0.05) is 6.07 Å². The Morgan fingerprint density at radius 1 is 1.40 bits per heavy atom. The molecule has 0 saturated carbocycles. The summed E-state index contributed by atoms with van der Waals surface area (Å²) in [6, 6.07) is 5.09. The second-order valence-electron chi connectivity index (χ2n) is 6.12. The predicted octanol–water partition coefficient (Wildman–Crippen LogP) is 1.76. The van der Waals surface area contributed by atoms with Gasteiger partial charge >= 0.3 is 5.97 Å². The number of morpholine rings is 1. The average molecular weight is 419 g/mol. The lowest BCUT2D eigenvalue weighted by Crippen LogP contribution is -2.37. The highest BCUT2D eigenvalue weighted by Crippen LogP contribution is 2.30. The Morgan fingerprint density at radius 3 is 2.93 bits per heavy atom. The van der Waals surface area contributed by atoms with Gasteiger partial charge in [0.2, 0.25) is 5.95 Å². The van der Waals surface area contributed by atoms with Crippen LogP contribution in [0.3, 0.4) is 0 Å². The number of hydrazone groups is 1. The molecule has 1 aromatic heterocycles. The molecular weight excluding hydrogens is 397 g/mol. The molecule has 3 rings (SSSR count). The Kier molecular flexibility index (Phi) is 7.33. The van der Waals surface area contributed by atoms with Crippen molar-refractivity contribution in [3.8, 4) is 11.5 Å². The van der Waals surface area contributed by atoms with Crippen molar-refractivity contribution in [3.63, 3.8) is 0 Å². The van der Waals surface area contributed by atoms with Gasteiger partial charge in [0.1, 0.15) is 0 Å². The predicted molar refractivity (Wildman–Crippen MR) is 107 cm³/mol. The van der Waals surface area contributed by atoms with Crippen LogP contribution in [0.4, 0.5) is 16.2 Å². The van der Waals surface area contributed by atoms with Gasteiger partial charge in [0.25, 0.3) is 0 Å². The van der Waals surface area contributed by atoms with Crippen LogP contribution >= 0.6 is 0 Å². The van der Waals surface area contributed by atoms with Crippen LogP contribution in [0, 0.1) is 5.82 Å². The number of hydrogen-bond donors (Lipinski definition) is 2. The molecule has 1 saturated heterocycles. The molecule has 1 aliphatic heterocycles. The highest BCUT2D eigenvalue weighted by Gasteiger charge is 2.18. The minimum atomic E-state index is -1.11. The molecule has 0 bridgehead atoms. The number of benzene rings is 1. The van der Waals surface area contributed by atoms with E-state index in [1.54, 1.807) is 30.0 Å². The minimum absolute atomic E-state index is 0.114. The SMILES string of the molecule is CCOc1cccc(/C=N\Nc2ncc(F)c(N3CCOCC3)n2)c1OCC(=O)O. The first-order valence-corrected chi connectivity index (χ1v) is 9.33. The van der Waals surface area contributed by atoms with Crippen molar-refractivity contribution >= 4 is 24.0 Å². The number of halogens is 1. The van der Waals surface area contributed by atoms with Crippen molar-refractivity contribution in [3.05, 3.63) is 35.8 Å². The summed E-state index contributed by atoms with van der Waals surface area (Å²) in [5, 5.41) is 13.0. The lowest BCUT2D eigenvalue weighted by molar-refractivity contribution is -0.139. The van der Waals surface area contributed by atoms with Crippen LogP contribution in [0.15, 0.2) is 29.5 Å². The number of hydrogen-bond acceptors (Lipinski definition) is 9. The third kappa shape index (κ3) is 5.54. The molecule has 0 amide bonds. The fourth-order valence-electron chi connectivity index (χ4n) is 2.76. The Labute approximate surface area is 172 Å². The third-order valence-electron chi connectivity index (χ3n) is 4.05. The van der Waals surface area contributed by atoms with E-state index in [-0.39, 0.29) is 17.5 Å². The Balaban J connectivity index is 1.76. The highest BCUT2D eigenvalue weighted by molar-refractivity contribution is 5.85. The van der Waals surface area contributed by atoms with E-state index in [1.807, 2.05) is 0 Å². The number of carboxylic acids is 1. The summed E-state index contributed by atoms with van der Waals surface area (Å²) in [5.41, 5.74) is 3.14. The number of anilines is 2. The van der Waals surface area contributed by atoms with Gasteiger partial charge < -0.3 is 24.2 Å². The van der Waals surface area contributed by atoms with Gasteiger partial charge in [-0.05, 0) is 19.1 Å². The number of rotatable bonds is 9. The van der Waals surface area contributed by atoms with Crippen LogP contribution in [0.25, 0.3) is 0 Å². The van der Waals surface area contributed by atoms with Crippen molar-refractivity contribution in [2.75, 3.05) is 49.8 Å². The number of para-hydroxylation sites is 1. The number of nitrogens with one attached hydrogen (secondary N) is 1. The maximum Gasteiger partial charge on any atom is 0.341 e. The number of carboxylic acid groups (broad SMARTS) is 1. The molecular formula is C19H22FN5O5. The molecule has 2 N–H and O–H groups in total. The highest BCUT2D eigenvalue weighted by atomic mass is 19.1. The second-order valence-corrected chi connectivity index (χ2v) is 6.12. The van der Waals surface area contributed by atoms with Gasteiger partial charge in [0.15, 0.2) is 29.7 Å². The van der Waals surface area contributed by atoms with Gasteiger partial charge in [0, 0.05) is 18.7 Å². The molecule has 160 valence electrons. The maximum atomic E-state index is 14.1. The Bertz CT molecular complexity index is 905. The van der Waals surface area contributed by atoms with E-state index < -0.39 is 18.4 Å². The third-order valence-corrected chi connectivity index (χ3v) is 4.05. The molecule has 2 heterocycles. The van der Waals surface area contributed by atoms with Crippen LogP contribution in [0.5, 0.6) is 11.5 Å². The quantitative estimate of drug-likeness (QED) is 0.463. The number of ether oxygens (including phenoxy) is 3. The molecule has 10 nitrogen and oxygen atoms in total. The van der Waals surface area contributed by atoms with Crippen LogP contribution in [0.1, 0.15) is 12.5 Å². The number of aliphatic carboxylic acids is 1. The van der Waals surface area contributed by atoms with Crippen LogP contribution in [-0.4, -0.2) is 66.8 Å². The summed E-state index contributed by atoms with van der Waals surface area (Å²) in [4.78, 5) is 20.7. The summed E-state index contributed by atoms with van der Waals surface area (Å²) in [6.45, 7) is 3.73. The zero-order chi connectivity index (χ0) is 21.3. The zero-order valence-corrected chi connectivity index (χ0v) is 16.4. The fourth-order valence-corrected chi connectivity index (χ4v) is 2.76. The van der Waals surface area contributed by atoms with E-state index in [0.717, 1.165) is 6.20 Å². The summed E-state index contributed by atoms with van der Waals surface area (Å²) in [5.74, 6) is -0.701. The van der Waals surface area contributed by atoms with Crippen molar-refractivity contribution in [1.29, 1.82) is 0 Å². The summed E-state index contributed by atoms with van der Waals surface area (Å²) in [6.07, 6.45) is 2.49. The van der Waals surface area contributed by atoms with Crippen molar-refractivity contribution in [2.24, 2.45) is 5.10 Å². The van der Waals surface area contributed by atoms with Crippen LogP contribution in [-0.2, 0) is 9.53 Å². The van der Waals surface area contributed by atoms with Gasteiger partial charge in [-0.3, -0.25) is 0 Å². The molecule has 1 aliphatic rings. The fraction of sp³-hybridized carbons (Fsp3) is 0.368. The molecule has 11 heteroatoms. The Hall–Kier alpha value is -3.47. The van der Waals surface area contributed by atoms with Gasteiger partial charge in [0.05, 0.1) is 32.2 Å². The van der Waals surface area contributed by atoms with E-state index in [0.29, 0.717) is 44.2 Å². The molecule has 1 fully saturated rings. The van der Waals surface area contributed by atoms with E-state index in [4.69, 9.17) is 19.3 Å². The zero-order valence-electron chi connectivity index (χ0n) is 16.4. The van der Waals surface area contributed by atoms with Crippen molar-refractivity contribution in [2.45, 2.75) is 6.92 Å². The maximum absolute atomic E-state index is 14.1. The van der Waals surface area contributed by atoms with Gasteiger partial charge in [-0.2, -0.15) is 10.1 Å². The van der Waals surface area contributed by atoms with Crippen LogP contribution < -0.4 is 19.8 Å². The molecule has 2 aromatic rings. The van der Waals surface area contributed by atoms with Gasteiger partial charge in [-0.15, -0.1) is 0 Å². The standard InChI is InChI=1S/C19H22FN5O5/c1-2-29-15-5-3-4-13(17(15)30-12-16(26)27)10-22-24-19-21-11-14(20)18(23-19)25-6-8-28-9-7-25/h3-5,10-11H,2,6-9,12H2,1H3,(H,26,27)(H,21,23,24)/b22-10-. The molecule has 0 unspecified atom stereocenters. The number of nitrogens with zero attached hydrogens (tertiary/aromatic N) is 4. The summed E-state index contributed by atoms with van der Waals surface area (Å²) >= 11 is 0. The first-order valence-electron chi connectivity index (χ1n) is 9.33. The lowest BCUT2D eigenvalue weighted by atomic mass is 10.2. The second kappa shape index (κ2) is 10.3. The van der Waals surface area contributed by atoms with Crippen LogP contribution in [0.2, 0.25) is 0 Å². The Morgan fingerprint density at radius 2 is 2.20 bits per heavy atom. The summed E-state index contributed by atoms with van der Waals surface area (Å²) in [7, 11) is 0. The minimum Gasteiger partial charge on any atom is -0.490 e. The summed E-state index contributed by atoms with van der Waals surface area (Å²) < 4.78 is 30.2. The van der Waals surface area contributed by atoms with Crippen molar-refractivity contribution in [1.82, 2.24) is 9.97 Å². The van der Waals surface area contributed by atoms with E-state index in [9.17, 15) is 9.18 Å². The molecule has 30 heavy (non-hydrogen) atoms. The van der Waals surface area contributed by atoms with E-state index >= 15 is 0 Å². The molecule has 0 radical (unpaired) electrons. The smallest absolute Gasteiger partial charge is 0.341 e. The van der Waals surface area contributed by atoms with Gasteiger partial charge in [-0.25, -0.2) is 19.6 Å². The lowest BCUT2D eigenvalue weighted by Gasteiger charge is -2.27. The average Bonchev–Trinajstić information content (AvgIpc) is 2.75. The number of carbonyl (C=O) groups is 1. The van der Waals surface area contributed by atoms with E-state index in [2.05, 4.69) is 20.5 Å².